The van der Waals surface area contributed by atoms with Gasteiger partial charge in [0, 0.05) is 18.1 Å². The summed E-state index contributed by atoms with van der Waals surface area (Å²) in [6.07, 6.45) is 0.855. The van der Waals surface area contributed by atoms with Gasteiger partial charge in [-0.2, -0.15) is 5.10 Å². The first-order valence-corrected chi connectivity index (χ1v) is 10.6. The van der Waals surface area contributed by atoms with Gasteiger partial charge in [0.15, 0.2) is 5.13 Å². The first kappa shape index (κ1) is 20.8. The van der Waals surface area contributed by atoms with E-state index in [2.05, 4.69) is 10.00 Å². The molecule has 0 atom stereocenters. The lowest BCUT2D eigenvalue weighted by Crippen LogP contribution is -2.34. The molecule has 0 fully saturated rings. The predicted molar refractivity (Wildman–Crippen MR) is 117 cm³/mol. The predicted octanol–water partition coefficient (Wildman–Crippen LogP) is 4.38. The summed E-state index contributed by atoms with van der Waals surface area (Å²) in [5.41, 5.74) is 3.24. The van der Waals surface area contributed by atoms with Gasteiger partial charge in [-0.05, 0) is 71.6 Å². The number of hydrogen-bond acceptors (Lipinski definition) is 5. The van der Waals surface area contributed by atoms with Crippen LogP contribution in [0.15, 0.2) is 18.2 Å². The molecule has 0 aliphatic heterocycles. The average Bonchev–Trinajstić information content (AvgIpc) is 3.25. The van der Waals surface area contributed by atoms with Crippen molar-refractivity contribution >= 4 is 44.2 Å². The van der Waals surface area contributed by atoms with Gasteiger partial charge in [-0.15, -0.1) is 0 Å². The van der Waals surface area contributed by atoms with Crippen molar-refractivity contribution in [2.75, 3.05) is 32.1 Å². The Morgan fingerprint density at radius 2 is 2.00 bits per heavy atom. The minimum absolute atomic E-state index is 0.0657. The quantitative estimate of drug-likeness (QED) is 0.570. The second-order valence-corrected chi connectivity index (χ2v) is 8.53. The highest BCUT2D eigenvalue weighted by Gasteiger charge is 2.25. The summed E-state index contributed by atoms with van der Waals surface area (Å²) in [5, 5.41) is 5.82. The minimum Gasteiger partial charge on any atom is -0.309 e. The molecule has 0 saturated heterocycles. The molecule has 3 rings (SSSR count). The molecule has 0 unspecified atom stereocenters. The number of hydrogen-bond donors (Lipinski definition) is 0. The van der Waals surface area contributed by atoms with Crippen LogP contribution in [0.5, 0.6) is 0 Å². The summed E-state index contributed by atoms with van der Waals surface area (Å²) < 4.78 is 2.79. The van der Waals surface area contributed by atoms with Crippen LogP contribution in [0.1, 0.15) is 35.1 Å². The Balaban J connectivity index is 2.01. The molecule has 0 aliphatic carbocycles. The van der Waals surface area contributed by atoms with Crippen molar-refractivity contribution < 1.29 is 4.79 Å². The molecule has 0 aliphatic rings. The summed E-state index contributed by atoms with van der Waals surface area (Å²) in [7, 11) is 4.06. The fraction of sp³-hybridized carbons (Fsp3) is 0.450. The zero-order valence-corrected chi connectivity index (χ0v) is 18.6. The standard InChI is InChI=1S/C20H26ClN5OS/c1-6-26-16(12-13(2)23-26)19(27)25(11-7-10-24(4)5)20-22-18-14(3)15(21)8-9-17(18)28-20/h8-9,12H,6-7,10-11H2,1-5H3. The van der Waals surface area contributed by atoms with Crippen LogP contribution in [0.4, 0.5) is 5.13 Å². The van der Waals surface area contributed by atoms with E-state index in [0.717, 1.165) is 34.4 Å². The summed E-state index contributed by atoms with van der Waals surface area (Å²) in [5.74, 6) is -0.0657. The number of aryl methyl sites for hydroxylation is 3. The number of anilines is 1. The zero-order valence-electron chi connectivity index (χ0n) is 17.0. The van der Waals surface area contributed by atoms with Crippen molar-refractivity contribution in [3.63, 3.8) is 0 Å². The van der Waals surface area contributed by atoms with Crippen LogP contribution in [-0.2, 0) is 6.54 Å². The van der Waals surface area contributed by atoms with Crippen LogP contribution in [0.2, 0.25) is 5.02 Å². The van der Waals surface area contributed by atoms with Crippen molar-refractivity contribution in [1.82, 2.24) is 19.7 Å². The summed E-state index contributed by atoms with van der Waals surface area (Å²) in [4.78, 5) is 22.1. The highest BCUT2D eigenvalue weighted by molar-refractivity contribution is 7.22. The van der Waals surface area contributed by atoms with Crippen LogP contribution in [0, 0.1) is 13.8 Å². The van der Waals surface area contributed by atoms with E-state index in [9.17, 15) is 4.79 Å². The Morgan fingerprint density at radius 3 is 2.68 bits per heavy atom. The molecule has 3 aromatic rings. The molecule has 6 nitrogen and oxygen atoms in total. The number of rotatable bonds is 7. The number of aromatic nitrogens is 3. The van der Waals surface area contributed by atoms with E-state index in [4.69, 9.17) is 16.6 Å². The van der Waals surface area contributed by atoms with E-state index < -0.39 is 0 Å². The van der Waals surface area contributed by atoms with Crippen molar-refractivity contribution in [1.29, 1.82) is 0 Å². The molecule has 0 spiro atoms. The van der Waals surface area contributed by atoms with Gasteiger partial charge in [-0.1, -0.05) is 22.9 Å². The molecular formula is C20H26ClN5OS. The first-order valence-electron chi connectivity index (χ1n) is 9.38. The van der Waals surface area contributed by atoms with E-state index in [1.165, 1.54) is 11.3 Å². The third-order valence-corrected chi connectivity index (χ3v) is 6.07. The lowest BCUT2D eigenvalue weighted by atomic mass is 10.2. The van der Waals surface area contributed by atoms with E-state index in [-0.39, 0.29) is 5.91 Å². The first-order chi connectivity index (χ1) is 13.3. The molecule has 0 N–H and O–H groups in total. The molecule has 0 bridgehead atoms. The number of halogens is 1. The molecule has 2 aromatic heterocycles. The SMILES string of the molecule is CCn1nc(C)cc1C(=O)N(CCCN(C)C)c1nc2c(C)c(Cl)ccc2s1. The number of carbonyl (C=O) groups is 1. The van der Waals surface area contributed by atoms with Crippen LogP contribution in [-0.4, -0.2) is 52.8 Å². The molecule has 150 valence electrons. The highest BCUT2D eigenvalue weighted by atomic mass is 35.5. The van der Waals surface area contributed by atoms with Crippen LogP contribution < -0.4 is 4.90 Å². The van der Waals surface area contributed by atoms with Gasteiger partial charge in [0.25, 0.3) is 5.91 Å². The van der Waals surface area contributed by atoms with Gasteiger partial charge in [-0.25, -0.2) is 4.98 Å². The zero-order chi connectivity index (χ0) is 20.4. The third-order valence-electron chi connectivity index (χ3n) is 4.62. The maximum absolute atomic E-state index is 13.4. The topological polar surface area (TPSA) is 54.3 Å². The normalized spacial score (nSPS) is 11.5. The second-order valence-electron chi connectivity index (χ2n) is 7.12. The van der Waals surface area contributed by atoms with Gasteiger partial charge in [-0.3, -0.25) is 14.4 Å². The van der Waals surface area contributed by atoms with Gasteiger partial charge in [0.05, 0.1) is 15.9 Å². The Bertz CT molecular complexity index is 994. The van der Waals surface area contributed by atoms with Gasteiger partial charge in [0.1, 0.15) is 5.69 Å². The molecular weight excluding hydrogens is 394 g/mol. The molecule has 0 saturated carbocycles. The summed E-state index contributed by atoms with van der Waals surface area (Å²) >= 11 is 7.79. The molecule has 8 heteroatoms. The number of benzene rings is 1. The maximum atomic E-state index is 13.4. The highest BCUT2D eigenvalue weighted by Crippen LogP contribution is 2.34. The van der Waals surface area contributed by atoms with Crippen molar-refractivity contribution in [3.8, 4) is 0 Å². The minimum atomic E-state index is -0.0657. The Morgan fingerprint density at radius 1 is 1.25 bits per heavy atom. The van der Waals surface area contributed by atoms with Gasteiger partial charge < -0.3 is 4.90 Å². The molecule has 28 heavy (non-hydrogen) atoms. The smallest absolute Gasteiger partial charge is 0.278 e. The summed E-state index contributed by atoms with van der Waals surface area (Å²) in [6.45, 7) is 7.99. The van der Waals surface area contributed by atoms with E-state index in [0.29, 0.717) is 28.9 Å². The fourth-order valence-electron chi connectivity index (χ4n) is 3.13. The molecule has 1 amide bonds. The lowest BCUT2D eigenvalue weighted by Gasteiger charge is -2.21. The van der Waals surface area contributed by atoms with E-state index in [1.54, 1.807) is 9.58 Å². The summed E-state index contributed by atoms with van der Waals surface area (Å²) in [6, 6.07) is 5.70. The number of amides is 1. The molecule has 2 heterocycles. The van der Waals surface area contributed by atoms with Crippen LogP contribution in [0.3, 0.4) is 0 Å². The molecule has 0 radical (unpaired) electrons. The van der Waals surface area contributed by atoms with Crippen LogP contribution in [0.25, 0.3) is 10.2 Å². The van der Waals surface area contributed by atoms with Crippen molar-refractivity contribution in [2.24, 2.45) is 0 Å². The van der Waals surface area contributed by atoms with Gasteiger partial charge >= 0.3 is 0 Å². The maximum Gasteiger partial charge on any atom is 0.278 e. The Hall–Kier alpha value is -1.96. The second kappa shape index (κ2) is 8.59. The number of fused-ring (bicyclic) bond motifs is 1. The van der Waals surface area contributed by atoms with Crippen LogP contribution >= 0.6 is 22.9 Å². The molecule has 1 aromatic carbocycles. The fourth-order valence-corrected chi connectivity index (χ4v) is 4.33. The number of carbonyl (C=O) groups excluding carboxylic acids is 1. The lowest BCUT2D eigenvalue weighted by molar-refractivity contribution is 0.0975. The van der Waals surface area contributed by atoms with E-state index in [1.807, 2.05) is 53.1 Å². The third kappa shape index (κ3) is 4.21. The average molecular weight is 420 g/mol. The monoisotopic (exact) mass is 419 g/mol. The largest absolute Gasteiger partial charge is 0.309 e. The Labute approximate surface area is 174 Å². The number of thiazole rings is 1. The number of nitrogens with zero attached hydrogens (tertiary/aromatic N) is 5. The Kier molecular flexibility index (Phi) is 6.37. The van der Waals surface area contributed by atoms with Crippen molar-refractivity contribution in [3.05, 3.63) is 40.2 Å². The van der Waals surface area contributed by atoms with E-state index >= 15 is 0 Å². The van der Waals surface area contributed by atoms with Crippen molar-refractivity contribution in [2.45, 2.75) is 33.7 Å². The van der Waals surface area contributed by atoms with Gasteiger partial charge in [0.2, 0.25) is 0 Å².